The quantitative estimate of drug-likeness (QED) is 0.560. The molecular formula is C5H7N5S2. The lowest BCUT2D eigenvalue weighted by atomic mass is 10.9. The van der Waals surface area contributed by atoms with Crippen molar-refractivity contribution in [1.82, 2.24) is 14.9 Å². The van der Waals surface area contributed by atoms with Crippen molar-refractivity contribution < 1.29 is 0 Å². The second kappa shape index (κ2) is 4.23. The number of hydrogen-bond donors (Lipinski definition) is 1. The largest absolute Gasteiger partial charge is 0.335 e. The highest BCUT2D eigenvalue weighted by Crippen LogP contribution is 2.17. The van der Waals surface area contributed by atoms with Gasteiger partial charge in [0.2, 0.25) is 10.3 Å². The van der Waals surface area contributed by atoms with Gasteiger partial charge in [-0.1, -0.05) is 23.5 Å². The average Bonchev–Trinajstić information content (AvgIpc) is 2.43. The SMILES string of the molecule is CSc1nnc(SCC#N)n1N. The molecule has 1 aromatic rings. The first-order chi connectivity index (χ1) is 5.79. The molecule has 0 aliphatic heterocycles. The van der Waals surface area contributed by atoms with Gasteiger partial charge in [0, 0.05) is 0 Å². The van der Waals surface area contributed by atoms with Crippen LogP contribution in [0.3, 0.4) is 0 Å². The fourth-order valence-electron chi connectivity index (χ4n) is 0.598. The average molecular weight is 201 g/mol. The summed E-state index contributed by atoms with van der Waals surface area (Å²) in [6, 6.07) is 1.99. The van der Waals surface area contributed by atoms with Crippen LogP contribution < -0.4 is 5.84 Å². The highest BCUT2D eigenvalue weighted by molar-refractivity contribution is 7.99. The zero-order valence-electron chi connectivity index (χ0n) is 6.39. The van der Waals surface area contributed by atoms with Gasteiger partial charge in [0.15, 0.2) is 0 Å². The molecule has 1 aromatic heterocycles. The molecule has 0 bridgehead atoms. The van der Waals surface area contributed by atoms with Crippen molar-refractivity contribution in [1.29, 1.82) is 5.26 Å². The van der Waals surface area contributed by atoms with Crippen LogP contribution in [0.5, 0.6) is 0 Å². The minimum atomic E-state index is 0.337. The molecule has 0 saturated carbocycles. The number of nitrogens with zero attached hydrogens (tertiary/aromatic N) is 4. The van der Waals surface area contributed by atoms with Gasteiger partial charge in [-0.15, -0.1) is 10.2 Å². The van der Waals surface area contributed by atoms with Crippen molar-refractivity contribution >= 4 is 23.5 Å². The van der Waals surface area contributed by atoms with Crippen molar-refractivity contribution in [3.8, 4) is 6.07 Å². The first-order valence-electron chi connectivity index (χ1n) is 3.03. The van der Waals surface area contributed by atoms with E-state index >= 15 is 0 Å². The Balaban J connectivity index is 2.74. The van der Waals surface area contributed by atoms with E-state index in [0.717, 1.165) is 0 Å². The summed E-state index contributed by atoms with van der Waals surface area (Å²) >= 11 is 2.69. The van der Waals surface area contributed by atoms with E-state index in [0.29, 0.717) is 16.1 Å². The Bertz CT molecular complexity index is 301. The molecule has 0 aliphatic carbocycles. The minimum absolute atomic E-state index is 0.337. The zero-order valence-corrected chi connectivity index (χ0v) is 8.02. The second-order valence-electron chi connectivity index (χ2n) is 1.79. The van der Waals surface area contributed by atoms with Crippen molar-refractivity contribution in [2.45, 2.75) is 10.3 Å². The van der Waals surface area contributed by atoms with Crippen LogP contribution in [0.15, 0.2) is 10.3 Å². The molecular weight excluding hydrogens is 194 g/mol. The van der Waals surface area contributed by atoms with E-state index < -0.39 is 0 Å². The summed E-state index contributed by atoms with van der Waals surface area (Å²) in [5.74, 6) is 5.93. The maximum absolute atomic E-state index is 8.31. The Morgan fingerprint density at radius 2 is 2.25 bits per heavy atom. The minimum Gasteiger partial charge on any atom is -0.335 e. The third-order valence-corrected chi connectivity index (χ3v) is 2.54. The fourth-order valence-corrected chi connectivity index (χ4v) is 1.58. The lowest BCUT2D eigenvalue weighted by molar-refractivity contribution is 0.783. The monoisotopic (exact) mass is 201 g/mol. The highest BCUT2D eigenvalue weighted by Gasteiger charge is 2.07. The van der Waals surface area contributed by atoms with E-state index in [2.05, 4.69) is 10.2 Å². The van der Waals surface area contributed by atoms with E-state index in [1.54, 1.807) is 0 Å². The molecule has 1 rings (SSSR count). The molecule has 0 fully saturated rings. The highest BCUT2D eigenvalue weighted by atomic mass is 32.2. The van der Waals surface area contributed by atoms with Gasteiger partial charge in [0.1, 0.15) is 0 Å². The van der Waals surface area contributed by atoms with E-state index in [9.17, 15) is 0 Å². The smallest absolute Gasteiger partial charge is 0.211 e. The van der Waals surface area contributed by atoms with Crippen LogP contribution in [0.1, 0.15) is 0 Å². The molecule has 2 N–H and O–H groups in total. The molecule has 0 spiro atoms. The number of aromatic nitrogens is 3. The van der Waals surface area contributed by atoms with E-state index in [-0.39, 0.29) is 0 Å². The van der Waals surface area contributed by atoms with Gasteiger partial charge in [0.25, 0.3) is 0 Å². The van der Waals surface area contributed by atoms with Gasteiger partial charge in [0.05, 0.1) is 11.8 Å². The zero-order chi connectivity index (χ0) is 8.97. The van der Waals surface area contributed by atoms with E-state index in [1.807, 2.05) is 12.3 Å². The number of nitrogen functional groups attached to an aromatic ring is 1. The van der Waals surface area contributed by atoms with Crippen LogP contribution in [0, 0.1) is 11.3 Å². The van der Waals surface area contributed by atoms with Gasteiger partial charge in [-0.05, 0) is 6.26 Å². The van der Waals surface area contributed by atoms with Crippen LogP contribution in [-0.2, 0) is 0 Å². The van der Waals surface area contributed by atoms with Crippen molar-refractivity contribution in [2.75, 3.05) is 17.9 Å². The van der Waals surface area contributed by atoms with Crippen LogP contribution in [-0.4, -0.2) is 26.9 Å². The summed E-state index contributed by atoms with van der Waals surface area (Å²) in [5.41, 5.74) is 0. The molecule has 7 heteroatoms. The molecule has 0 saturated heterocycles. The van der Waals surface area contributed by atoms with Crippen LogP contribution in [0.2, 0.25) is 0 Å². The van der Waals surface area contributed by atoms with Crippen LogP contribution in [0.4, 0.5) is 0 Å². The molecule has 0 aliphatic rings. The number of hydrogen-bond acceptors (Lipinski definition) is 6. The lowest BCUT2D eigenvalue weighted by Crippen LogP contribution is -2.10. The first-order valence-corrected chi connectivity index (χ1v) is 5.25. The number of nitriles is 1. The third kappa shape index (κ3) is 1.84. The van der Waals surface area contributed by atoms with Gasteiger partial charge in [-0.25, -0.2) is 4.68 Å². The summed E-state index contributed by atoms with van der Waals surface area (Å²) in [6.45, 7) is 0. The number of nitrogens with two attached hydrogens (primary N) is 1. The van der Waals surface area contributed by atoms with Gasteiger partial charge >= 0.3 is 0 Å². The molecule has 0 atom stereocenters. The molecule has 1 heterocycles. The van der Waals surface area contributed by atoms with Gasteiger partial charge in [-0.2, -0.15) is 5.26 Å². The summed E-state index contributed by atoms with van der Waals surface area (Å²) in [6.07, 6.45) is 1.87. The summed E-state index contributed by atoms with van der Waals surface area (Å²) in [4.78, 5) is 0. The maximum Gasteiger partial charge on any atom is 0.211 e. The third-order valence-electron chi connectivity index (χ3n) is 1.08. The van der Waals surface area contributed by atoms with Crippen molar-refractivity contribution in [3.05, 3.63) is 0 Å². The number of rotatable bonds is 3. The molecule has 5 nitrogen and oxygen atoms in total. The van der Waals surface area contributed by atoms with Crippen molar-refractivity contribution in [2.24, 2.45) is 0 Å². The molecule has 0 amide bonds. The Morgan fingerprint density at radius 1 is 1.58 bits per heavy atom. The summed E-state index contributed by atoms with van der Waals surface area (Å²) < 4.78 is 1.38. The van der Waals surface area contributed by atoms with Crippen LogP contribution >= 0.6 is 23.5 Å². The molecule has 0 unspecified atom stereocenters. The Kier molecular flexibility index (Phi) is 3.25. The van der Waals surface area contributed by atoms with Crippen LogP contribution in [0.25, 0.3) is 0 Å². The second-order valence-corrected chi connectivity index (χ2v) is 3.50. The fraction of sp³-hybridized carbons (Fsp3) is 0.400. The van der Waals surface area contributed by atoms with E-state index in [1.165, 1.54) is 28.2 Å². The van der Waals surface area contributed by atoms with Gasteiger partial charge < -0.3 is 5.84 Å². The molecule has 12 heavy (non-hydrogen) atoms. The van der Waals surface area contributed by atoms with Crippen molar-refractivity contribution in [3.63, 3.8) is 0 Å². The first kappa shape index (κ1) is 9.22. The van der Waals surface area contributed by atoms with E-state index in [4.69, 9.17) is 11.1 Å². The summed E-state index contributed by atoms with van der Waals surface area (Å²) in [5, 5.41) is 17.1. The Morgan fingerprint density at radius 3 is 2.75 bits per heavy atom. The predicted molar refractivity (Wildman–Crippen MR) is 48.3 cm³/mol. The normalized spacial score (nSPS) is 9.67. The van der Waals surface area contributed by atoms with Gasteiger partial charge in [-0.3, -0.25) is 0 Å². The molecule has 0 radical (unpaired) electrons. The summed E-state index contributed by atoms with van der Waals surface area (Å²) in [7, 11) is 0. The Hall–Kier alpha value is -0.870. The molecule has 0 aromatic carbocycles. The maximum atomic E-state index is 8.31. The topological polar surface area (TPSA) is 80.5 Å². The lowest BCUT2D eigenvalue weighted by Gasteiger charge is -1.97. The number of thioether (sulfide) groups is 2. The molecule has 64 valence electrons. The predicted octanol–water partition coefficient (Wildman–Crippen LogP) is 0.329. The standard InChI is InChI=1S/C5H7N5S2/c1-11-4-8-9-5(10(4)7)12-3-2-6/h3,7H2,1H3. The Labute approximate surface area is 78.3 Å².